The molecule has 0 bridgehead atoms. The predicted molar refractivity (Wildman–Crippen MR) is 132 cm³/mol. The van der Waals surface area contributed by atoms with E-state index in [0.717, 1.165) is 74.1 Å². The molecule has 2 fully saturated rings. The fourth-order valence-electron chi connectivity index (χ4n) is 5.11. The number of ether oxygens (including phenoxy) is 1. The molecule has 7 nitrogen and oxygen atoms in total. The fraction of sp³-hybridized carbons (Fsp3) is 0.615. The second-order valence-electron chi connectivity index (χ2n) is 9.68. The van der Waals surface area contributed by atoms with Crippen molar-refractivity contribution in [3.8, 4) is 0 Å². The van der Waals surface area contributed by atoms with Crippen molar-refractivity contribution in [2.24, 2.45) is 0 Å². The maximum absolute atomic E-state index is 13.3. The average molecular weight is 455 g/mol. The third-order valence-corrected chi connectivity index (χ3v) is 6.98. The molecule has 33 heavy (non-hydrogen) atoms. The zero-order valence-electron chi connectivity index (χ0n) is 20.1. The molecular formula is C26H38N4O3. The van der Waals surface area contributed by atoms with Gasteiger partial charge in [0.05, 0.1) is 19.8 Å². The van der Waals surface area contributed by atoms with Gasteiger partial charge in [-0.3, -0.25) is 9.69 Å². The molecule has 2 aromatic rings. The Labute approximate surface area is 196 Å². The molecule has 1 saturated carbocycles. The van der Waals surface area contributed by atoms with E-state index in [1.54, 1.807) is 0 Å². The van der Waals surface area contributed by atoms with Gasteiger partial charge < -0.3 is 19.9 Å². The largest absolute Gasteiger partial charge is 0.379 e. The standard InChI is InChI=1S/C26H38N4O3/c1-19-15-20(2)23-17-21(25(31)28-24(23)16-19)18-30(10-6-9-29-11-13-33-14-12-29)26(32)27-22-7-4-3-5-8-22/h15-17,22H,3-14,18H2,1-2H3,(H,27,32)(H,28,31). The van der Waals surface area contributed by atoms with Crippen LogP contribution in [0.4, 0.5) is 4.79 Å². The summed E-state index contributed by atoms with van der Waals surface area (Å²) in [4.78, 5) is 33.4. The van der Waals surface area contributed by atoms with Gasteiger partial charge in [-0.05, 0) is 56.4 Å². The topological polar surface area (TPSA) is 77.7 Å². The van der Waals surface area contributed by atoms with E-state index in [9.17, 15) is 9.59 Å². The van der Waals surface area contributed by atoms with E-state index >= 15 is 0 Å². The van der Waals surface area contributed by atoms with Crippen LogP contribution in [0, 0.1) is 13.8 Å². The van der Waals surface area contributed by atoms with Gasteiger partial charge in [-0.2, -0.15) is 0 Å². The number of rotatable bonds is 7. The lowest BCUT2D eigenvalue weighted by Crippen LogP contribution is -2.46. The minimum atomic E-state index is -0.115. The SMILES string of the molecule is Cc1cc(C)c2cc(CN(CCCN3CCOCC3)C(=O)NC3CCCCC3)c(=O)[nH]c2c1. The van der Waals surface area contributed by atoms with E-state index < -0.39 is 0 Å². The third kappa shape index (κ3) is 6.36. The molecule has 1 aliphatic carbocycles. The number of fused-ring (bicyclic) bond motifs is 1. The smallest absolute Gasteiger partial charge is 0.317 e. The Bertz CT molecular complexity index is 1010. The van der Waals surface area contributed by atoms with Crippen LogP contribution in [0.25, 0.3) is 10.9 Å². The highest BCUT2D eigenvalue weighted by Crippen LogP contribution is 2.20. The van der Waals surface area contributed by atoms with Crippen LogP contribution >= 0.6 is 0 Å². The highest BCUT2D eigenvalue weighted by atomic mass is 16.5. The summed E-state index contributed by atoms with van der Waals surface area (Å²) >= 11 is 0. The second-order valence-corrected chi connectivity index (χ2v) is 9.68. The van der Waals surface area contributed by atoms with Crippen LogP contribution in [0.5, 0.6) is 0 Å². The predicted octanol–water partition coefficient (Wildman–Crippen LogP) is 3.71. The lowest BCUT2D eigenvalue weighted by Gasteiger charge is -2.30. The number of urea groups is 1. The molecule has 1 aromatic carbocycles. The number of nitrogens with one attached hydrogen (secondary N) is 2. The van der Waals surface area contributed by atoms with Gasteiger partial charge in [-0.1, -0.05) is 25.3 Å². The first kappa shape index (κ1) is 23.8. The Kier molecular flexibility index (Phi) is 8.04. The number of hydrogen-bond donors (Lipinski definition) is 2. The van der Waals surface area contributed by atoms with Crippen molar-refractivity contribution in [1.29, 1.82) is 0 Å². The minimum absolute atomic E-state index is 0.0518. The first-order valence-electron chi connectivity index (χ1n) is 12.5. The second kappa shape index (κ2) is 11.2. The zero-order chi connectivity index (χ0) is 23.2. The quantitative estimate of drug-likeness (QED) is 0.669. The van der Waals surface area contributed by atoms with Gasteiger partial charge in [0.1, 0.15) is 0 Å². The molecule has 2 amide bonds. The van der Waals surface area contributed by atoms with Crippen LogP contribution in [-0.2, 0) is 11.3 Å². The highest BCUT2D eigenvalue weighted by molar-refractivity contribution is 5.83. The van der Waals surface area contributed by atoms with E-state index in [0.29, 0.717) is 18.7 Å². The first-order chi connectivity index (χ1) is 16.0. The van der Waals surface area contributed by atoms with Crippen LogP contribution in [0.15, 0.2) is 23.0 Å². The van der Waals surface area contributed by atoms with Gasteiger partial charge in [-0.15, -0.1) is 0 Å². The van der Waals surface area contributed by atoms with Gasteiger partial charge in [-0.25, -0.2) is 4.79 Å². The van der Waals surface area contributed by atoms with Gasteiger partial charge in [0.2, 0.25) is 0 Å². The molecule has 1 saturated heterocycles. The molecule has 1 aromatic heterocycles. The lowest BCUT2D eigenvalue weighted by atomic mass is 9.96. The van der Waals surface area contributed by atoms with Gasteiger partial charge in [0.25, 0.3) is 5.56 Å². The molecule has 0 radical (unpaired) electrons. The number of morpholine rings is 1. The van der Waals surface area contributed by atoms with E-state index in [-0.39, 0.29) is 17.6 Å². The normalized spacial score (nSPS) is 17.9. The highest BCUT2D eigenvalue weighted by Gasteiger charge is 2.22. The number of aromatic amines is 1. The number of benzene rings is 1. The van der Waals surface area contributed by atoms with Crippen molar-refractivity contribution in [1.82, 2.24) is 20.1 Å². The molecular weight excluding hydrogens is 416 g/mol. The van der Waals surface area contributed by atoms with Crippen molar-refractivity contribution in [3.63, 3.8) is 0 Å². The number of aromatic nitrogens is 1. The summed E-state index contributed by atoms with van der Waals surface area (Å²) < 4.78 is 5.44. The van der Waals surface area contributed by atoms with Crippen molar-refractivity contribution in [2.75, 3.05) is 39.4 Å². The van der Waals surface area contributed by atoms with Crippen molar-refractivity contribution >= 4 is 16.9 Å². The maximum Gasteiger partial charge on any atom is 0.317 e. The lowest BCUT2D eigenvalue weighted by molar-refractivity contribution is 0.0364. The molecule has 0 unspecified atom stereocenters. The van der Waals surface area contributed by atoms with E-state index in [1.807, 2.05) is 24.0 Å². The van der Waals surface area contributed by atoms with E-state index in [2.05, 4.69) is 28.2 Å². The van der Waals surface area contributed by atoms with Crippen LogP contribution < -0.4 is 10.9 Å². The Hall–Kier alpha value is -2.38. The monoisotopic (exact) mass is 454 g/mol. The third-order valence-electron chi connectivity index (χ3n) is 6.98. The van der Waals surface area contributed by atoms with Crippen LogP contribution in [-0.4, -0.2) is 66.2 Å². The fourth-order valence-corrected chi connectivity index (χ4v) is 5.11. The van der Waals surface area contributed by atoms with Gasteiger partial charge in [0.15, 0.2) is 0 Å². The Morgan fingerprint density at radius 2 is 1.91 bits per heavy atom. The summed E-state index contributed by atoms with van der Waals surface area (Å²) in [5.74, 6) is 0. The van der Waals surface area contributed by atoms with E-state index in [1.165, 1.54) is 19.3 Å². The first-order valence-corrected chi connectivity index (χ1v) is 12.5. The average Bonchev–Trinajstić information content (AvgIpc) is 2.80. The Balaban J connectivity index is 1.49. The summed E-state index contributed by atoms with van der Waals surface area (Å²) in [7, 11) is 0. The summed E-state index contributed by atoms with van der Waals surface area (Å²) in [6.45, 7) is 9.41. The van der Waals surface area contributed by atoms with Crippen LogP contribution in [0.1, 0.15) is 55.2 Å². The van der Waals surface area contributed by atoms with Crippen molar-refractivity contribution < 1.29 is 9.53 Å². The molecule has 1 aliphatic heterocycles. The summed E-state index contributed by atoms with van der Waals surface area (Å²) in [5.41, 5.74) is 3.63. The van der Waals surface area contributed by atoms with Crippen LogP contribution in [0.2, 0.25) is 0 Å². The molecule has 7 heteroatoms. The molecule has 2 N–H and O–H groups in total. The van der Waals surface area contributed by atoms with Crippen LogP contribution in [0.3, 0.4) is 0 Å². The number of aryl methyl sites for hydroxylation is 2. The van der Waals surface area contributed by atoms with Gasteiger partial charge >= 0.3 is 6.03 Å². The number of nitrogens with zero attached hydrogens (tertiary/aromatic N) is 2. The number of pyridine rings is 1. The summed E-state index contributed by atoms with van der Waals surface area (Å²) in [6.07, 6.45) is 6.56. The molecule has 0 spiro atoms. The molecule has 4 rings (SSSR count). The Morgan fingerprint density at radius 3 is 2.67 bits per heavy atom. The zero-order valence-corrected chi connectivity index (χ0v) is 20.1. The van der Waals surface area contributed by atoms with Crippen molar-refractivity contribution in [3.05, 3.63) is 45.2 Å². The minimum Gasteiger partial charge on any atom is -0.379 e. The van der Waals surface area contributed by atoms with Crippen molar-refractivity contribution in [2.45, 2.75) is 65.0 Å². The Morgan fingerprint density at radius 1 is 1.15 bits per heavy atom. The molecule has 2 heterocycles. The number of amides is 2. The van der Waals surface area contributed by atoms with Gasteiger partial charge in [0, 0.05) is 48.7 Å². The summed E-state index contributed by atoms with van der Waals surface area (Å²) in [6, 6.07) is 6.28. The molecule has 180 valence electrons. The number of carbonyl (C=O) groups excluding carboxylic acids is 1. The maximum atomic E-state index is 13.3. The number of H-pyrrole nitrogens is 1. The van der Waals surface area contributed by atoms with E-state index in [4.69, 9.17) is 4.74 Å². The molecule has 0 atom stereocenters. The number of hydrogen-bond acceptors (Lipinski definition) is 4. The summed E-state index contributed by atoms with van der Waals surface area (Å²) in [5, 5.41) is 4.28. The number of carbonyl (C=O) groups is 1. The molecule has 2 aliphatic rings.